The van der Waals surface area contributed by atoms with E-state index in [-0.39, 0.29) is 11.0 Å². The summed E-state index contributed by atoms with van der Waals surface area (Å²) in [6.45, 7) is 28.7. The first kappa shape index (κ1) is 28.4. The molecule has 1 heterocycles. The summed E-state index contributed by atoms with van der Waals surface area (Å²) >= 11 is 0. The third-order valence-electron chi connectivity index (χ3n) is 15.5. The minimum atomic E-state index is 0.000761. The Bertz CT molecular complexity index is 854. The Kier molecular flexibility index (Phi) is 7.09. The summed E-state index contributed by atoms with van der Waals surface area (Å²) in [4.78, 5) is 0. The van der Waals surface area contributed by atoms with Crippen molar-refractivity contribution < 1.29 is 9.47 Å². The van der Waals surface area contributed by atoms with Crippen molar-refractivity contribution in [1.82, 2.24) is 0 Å². The monoisotopic (exact) mass is 514 g/mol. The van der Waals surface area contributed by atoms with Gasteiger partial charge in [-0.25, -0.2) is 0 Å². The van der Waals surface area contributed by atoms with Crippen LogP contribution in [0.5, 0.6) is 0 Å². The van der Waals surface area contributed by atoms with Gasteiger partial charge in [0.2, 0.25) is 0 Å². The zero-order valence-electron chi connectivity index (χ0n) is 26.6. The highest BCUT2D eigenvalue weighted by Crippen LogP contribution is 2.80. The predicted molar refractivity (Wildman–Crippen MR) is 155 cm³/mol. The van der Waals surface area contributed by atoms with E-state index in [0.29, 0.717) is 46.2 Å². The van der Waals surface area contributed by atoms with Gasteiger partial charge >= 0.3 is 0 Å². The Morgan fingerprint density at radius 3 is 2.27 bits per heavy atom. The Labute approximate surface area is 230 Å². The van der Waals surface area contributed by atoms with Crippen molar-refractivity contribution in [2.45, 2.75) is 152 Å². The molecule has 5 aliphatic rings. The van der Waals surface area contributed by atoms with Gasteiger partial charge in [-0.15, -0.1) is 0 Å². The molecule has 5 fully saturated rings. The van der Waals surface area contributed by atoms with E-state index in [4.69, 9.17) is 9.47 Å². The molecule has 4 aliphatic carbocycles. The summed E-state index contributed by atoms with van der Waals surface area (Å²) in [5.41, 5.74) is 1.50. The van der Waals surface area contributed by atoms with Crippen molar-refractivity contribution in [1.29, 1.82) is 0 Å². The molecule has 1 saturated heterocycles. The molecule has 0 bridgehead atoms. The number of ether oxygens (including phenoxy) is 2. The molecule has 0 amide bonds. The molecule has 10 unspecified atom stereocenters. The first-order valence-corrected chi connectivity index (χ1v) is 16.5. The summed E-state index contributed by atoms with van der Waals surface area (Å²) in [7, 11) is 0. The smallest absolute Gasteiger partial charge is 0.0715 e. The molecule has 37 heavy (non-hydrogen) atoms. The second kappa shape index (κ2) is 9.22. The molecule has 0 N–H and O–H groups in total. The average molecular weight is 515 g/mol. The van der Waals surface area contributed by atoms with Gasteiger partial charge in [0.05, 0.1) is 17.8 Å². The average Bonchev–Trinajstić information content (AvgIpc) is 3.15. The zero-order valence-corrected chi connectivity index (χ0v) is 26.6. The van der Waals surface area contributed by atoms with E-state index in [1.807, 2.05) is 0 Å². The SMILES string of the molecule is CCO[C@@H]1CC2CCC3C(CC[C@@]4(C)C3(C)CC3OC(C)(C(C)CC(C)CC)[C@@H](C)C34C)[C@@]2(C)CC1C. The lowest BCUT2D eigenvalue weighted by Gasteiger charge is -2.67. The molecule has 2 heteroatoms. The van der Waals surface area contributed by atoms with Crippen LogP contribution in [0.15, 0.2) is 0 Å². The van der Waals surface area contributed by atoms with Crippen molar-refractivity contribution in [2.24, 2.45) is 63.1 Å². The van der Waals surface area contributed by atoms with E-state index in [1.54, 1.807) is 0 Å². The fraction of sp³-hybridized carbons (Fsp3) is 1.00. The van der Waals surface area contributed by atoms with Crippen LogP contribution in [0.1, 0.15) is 134 Å². The van der Waals surface area contributed by atoms with E-state index in [1.165, 1.54) is 57.8 Å². The van der Waals surface area contributed by atoms with Crippen LogP contribution in [0.2, 0.25) is 0 Å². The number of rotatable bonds is 6. The molecule has 5 rings (SSSR count). The summed E-state index contributed by atoms with van der Waals surface area (Å²) in [6, 6.07) is 0. The molecular formula is C35H62O2. The first-order chi connectivity index (χ1) is 17.2. The number of hydrogen-bond acceptors (Lipinski definition) is 2. The molecule has 1 aliphatic heterocycles. The second-order valence-corrected chi connectivity index (χ2v) is 16.3. The summed E-state index contributed by atoms with van der Waals surface area (Å²) < 4.78 is 13.6. The van der Waals surface area contributed by atoms with E-state index < -0.39 is 0 Å². The highest BCUT2D eigenvalue weighted by molar-refractivity contribution is 5.25. The quantitative estimate of drug-likeness (QED) is 0.351. The van der Waals surface area contributed by atoms with E-state index in [9.17, 15) is 0 Å². The maximum atomic E-state index is 7.37. The summed E-state index contributed by atoms with van der Waals surface area (Å²) in [5.74, 6) is 5.27. The molecule has 0 radical (unpaired) electrons. The van der Waals surface area contributed by atoms with Gasteiger partial charge in [-0.3, -0.25) is 0 Å². The highest BCUT2D eigenvalue weighted by Gasteiger charge is 2.77. The van der Waals surface area contributed by atoms with Gasteiger partial charge < -0.3 is 9.47 Å². The van der Waals surface area contributed by atoms with Crippen molar-refractivity contribution in [2.75, 3.05) is 6.61 Å². The van der Waals surface area contributed by atoms with Gasteiger partial charge in [0.25, 0.3) is 0 Å². The van der Waals surface area contributed by atoms with Crippen LogP contribution in [-0.4, -0.2) is 24.4 Å². The summed E-state index contributed by atoms with van der Waals surface area (Å²) in [5, 5.41) is 0. The topological polar surface area (TPSA) is 18.5 Å². The lowest BCUT2D eigenvalue weighted by Crippen LogP contribution is -2.61. The van der Waals surface area contributed by atoms with Crippen molar-refractivity contribution >= 4 is 0 Å². The van der Waals surface area contributed by atoms with Crippen LogP contribution in [0.25, 0.3) is 0 Å². The predicted octanol–water partition coefficient (Wildman–Crippen LogP) is 9.55. The van der Waals surface area contributed by atoms with Crippen molar-refractivity contribution in [3.05, 3.63) is 0 Å². The van der Waals surface area contributed by atoms with Gasteiger partial charge in [0, 0.05) is 12.0 Å². The van der Waals surface area contributed by atoms with Gasteiger partial charge in [0.1, 0.15) is 0 Å². The van der Waals surface area contributed by atoms with Gasteiger partial charge in [-0.2, -0.15) is 0 Å². The van der Waals surface area contributed by atoms with Crippen LogP contribution >= 0.6 is 0 Å². The lowest BCUT2D eigenvalue weighted by atomic mass is 9.38. The number of hydrogen-bond donors (Lipinski definition) is 0. The van der Waals surface area contributed by atoms with Crippen LogP contribution in [0.4, 0.5) is 0 Å². The maximum Gasteiger partial charge on any atom is 0.0715 e. The first-order valence-electron chi connectivity index (χ1n) is 16.5. The zero-order chi connectivity index (χ0) is 27.2. The van der Waals surface area contributed by atoms with Gasteiger partial charge in [0.15, 0.2) is 0 Å². The van der Waals surface area contributed by atoms with Crippen LogP contribution in [0.3, 0.4) is 0 Å². The molecule has 0 spiro atoms. The highest BCUT2D eigenvalue weighted by atomic mass is 16.5. The standard InChI is InChI=1S/C35H62O2/c1-12-22(3)18-24(5)35(11)25(6)34(10)30(37-35)21-32(8)28-15-14-26-19-29(36-13-2)23(4)20-31(26,7)27(28)16-17-33(32,34)9/h22-30H,12-21H2,1-11H3/t22?,23?,24?,25-,26?,27?,28?,29+,30?,31-,32?,33-,34?,35?/m0/s1. The Morgan fingerprint density at radius 2 is 1.62 bits per heavy atom. The summed E-state index contributed by atoms with van der Waals surface area (Å²) in [6.07, 6.45) is 13.1. The van der Waals surface area contributed by atoms with E-state index >= 15 is 0 Å². The fourth-order valence-electron chi connectivity index (χ4n) is 12.3. The largest absolute Gasteiger partial charge is 0.378 e. The Hall–Kier alpha value is -0.0800. The minimum Gasteiger partial charge on any atom is -0.378 e. The molecule has 214 valence electrons. The minimum absolute atomic E-state index is 0.000761. The maximum absolute atomic E-state index is 7.37. The second-order valence-electron chi connectivity index (χ2n) is 16.3. The van der Waals surface area contributed by atoms with Crippen LogP contribution < -0.4 is 0 Å². The molecule has 0 aromatic rings. The Balaban J connectivity index is 1.43. The van der Waals surface area contributed by atoms with Gasteiger partial charge in [-0.1, -0.05) is 68.7 Å². The fourth-order valence-corrected chi connectivity index (χ4v) is 12.3. The normalized spacial score (nSPS) is 56.7. The molecule has 0 aromatic carbocycles. The third-order valence-corrected chi connectivity index (χ3v) is 15.5. The van der Waals surface area contributed by atoms with Crippen LogP contribution in [-0.2, 0) is 9.47 Å². The molecule has 0 aromatic heterocycles. The van der Waals surface area contributed by atoms with Crippen molar-refractivity contribution in [3.63, 3.8) is 0 Å². The van der Waals surface area contributed by atoms with E-state index in [0.717, 1.165) is 30.3 Å². The molecule has 4 saturated carbocycles. The Morgan fingerprint density at radius 1 is 0.919 bits per heavy atom. The van der Waals surface area contributed by atoms with E-state index in [2.05, 4.69) is 76.2 Å². The van der Waals surface area contributed by atoms with Gasteiger partial charge in [-0.05, 0) is 123 Å². The third kappa shape index (κ3) is 3.62. The molecule has 14 atom stereocenters. The van der Waals surface area contributed by atoms with Crippen LogP contribution in [0, 0.1) is 63.1 Å². The number of fused-ring (bicyclic) bond motifs is 7. The van der Waals surface area contributed by atoms with Crippen molar-refractivity contribution in [3.8, 4) is 0 Å². The lowest BCUT2D eigenvalue weighted by molar-refractivity contribution is -0.194. The molecule has 2 nitrogen and oxygen atoms in total. The molecular weight excluding hydrogens is 452 g/mol.